The maximum atomic E-state index is 14.1. The van der Waals surface area contributed by atoms with Crippen molar-refractivity contribution < 1.29 is 9.13 Å². The van der Waals surface area contributed by atoms with Crippen molar-refractivity contribution in [2.24, 2.45) is 5.92 Å². The van der Waals surface area contributed by atoms with Crippen LogP contribution in [0, 0.1) is 18.7 Å². The lowest BCUT2D eigenvalue weighted by molar-refractivity contribution is 0.0327. The van der Waals surface area contributed by atoms with Gasteiger partial charge in [0.15, 0.2) is 0 Å². The van der Waals surface area contributed by atoms with E-state index in [2.05, 4.69) is 0 Å². The number of hydrogen-bond donors (Lipinski definition) is 0. The molecule has 1 saturated carbocycles. The van der Waals surface area contributed by atoms with Crippen molar-refractivity contribution in [3.8, 4) is 0 Å². The normalized spacial score (nSPS) is 19.2. The Morgan fingerprint density at radius 1 is 1.24 bits per heavy atom. The van der Waals surface area contributed by atoms with Crippen LogP contribution in [0.2, 0.25) is 0 Å². The molecule has 1 fully saturated rings. The van der Waals surface area contributed by atoms with Crippen LogP contribution in [0.3, 0.4) is 0 Å². The Morgan fingerprint density at radius 2 is 1.94 bits per heavy atom. The summed E-state index contributed by atoms with van der Waals surface area (Å²) in [6.07, 6.45) is 6.05. The van der Waals surface area contributed by atoms with E-state index in [1.807, 2.05) is 25.1 Å². The van der Waals surface area contributed by atoms with E-state index >= 15 is 0 Å². The molecule has 0 radical (unpaired) electrons. The molecule has 0 bridgehead atoms. The van der Waals surface area contributed by atoms with E-state index in [4.69, 9.17) is 4.74 Å². The highest BCUT2D eigenvalue weighted by molar-refractivity contribution is 5.27. The molecular weight excluding hydrogens is 215 g/mol. The number of methoxy groups -OCH3 is 1. The van der Waals surface area contributed by atoms with Crippen LogP contribution in [0.15, 0.2) is 18.2 Å². The predicted octanol–water partition coefficient (Wildman–Crippen LogP) is 4.40. The monoisotopic (exact) mass is 236 g/mol. The van der Waals surface area contributed by atoms with E-state index in [0.717, 1.165) is 18.4 Å². The fourth-order valence-corrected chi connectivity index (χ4v) is 2.90. The zero-order valence-corrected chi connectivity index (χ0v) is 10.7. The van der Waals surface area contributed by atoms with Crippen LogP contribution in [0.25, 0.3) is 0 Å². The zero-order valence-electron chi connectivity index (χ0n) is 10.7. The molecular formula is C15H21FO. The lowest BCUT2D eigenvalue weighted by atomic mass is 9.82. The molecule has 94 valence electrons. The molecule has 1 unspecified atom stereocenters. The standard InChI is InChI=1S/C15H21FO/c1-11-7-6-10-13(14(11)16)15(17-2)12-8-4-3-5-9-12/h6-7,10,12,15H,3-5,8-9H2,1-2H3. The van der Waals surface area contributed by atoms with E-state index in [1.165, 1.54) is 19.3 Å². The second-order valence-electron chi connectivity index (χ2n) is 5.03. The highest BCUT2D eigenvalue weighted by Crippen LogP contribution is 2.37. The average Bonchev–Trinajstić information content (AvgIpc) is 2.37. The fourth-order valence-electron chi connectivity index (χ4n) is 2.90. The number of halogens is 1. The summed E-state index contributed by atoms with van der Waals surface area (Å²) in [5.74, 6) is 0.384. The van der Waals surface area contributed by atoms with Gasteiger partial charge in [-0.2, -0.15) is 0 Å². The first kappa shape index (κ1) is 12.6. The van der Waals surface area contributed by atoms with E-state index in [9.17, 15) is 4.39 Å². The molecule has 0 amide bonds. The number of ether oxygens (including phenoxy) is 1. The van der Waals surface area contributed by atoms with Crippen LogP contribution in [0.5, 0.6) is 0 Å². The van der Waals surface area contributed by atoms with Gasteiger partial charge in [-0.15, -0.1) is 0 Å². The summed E-state index contributed by atoms with van der Waals surface area (Å²) in [5, 5.41) is 0. The summed E-state index contributed by atoms with van der Waals surface area (Å²) < 4.78 is 19.7. The van der Waals surface area contributed by atoms with Crippen molar-refractivity contribution in [3.05, 3.63) is 35.1 Å². The third-order valence-electron chi connectivity index (χ3n) is 3.86. The summed E-state index contributed by atoms with van der Waals surface area (Å²) in [7, 11) is 1.70. The van der Waals surface area contributed by atoms with Gasteiger partial charge in [0.25, 0.3) is 0 Å². The third kappa shape index (κ3) is 2.68. The third-order valence-corrected chi connectivity index (χ3v) is 3.86. The van der Waals surface area contributed by atoms with Gasteiger partial charge in [0.2, 0.25) is 0 Å². The average molecular weight is 236 g/mol. The highest BCUT2D eigenvalue weighted by atomic mass is 19.1. The van der Waals surface area contributed by atoms with Gasteiger partial charge in [-0.25, -0.2) is 4.39 Å². The Morgan fingerprint density at radius 3 is 2.59 bits per heavy atom. The van der Waals surface area contributed by atoms with Crippen molar-refractivity contribution in [3.63, 3.8) is 0 Å². The largest absolute Gasteiger partial charge is 0.376 e. The molecule has 0 heterocycles. The van der Waals surface area contributed by atoms with E-state index in [-0.39, 0.29) is 11.9 Å². The van der Waals surface area contributed by atoms with Crippen LogP contribution < -0.4 is 0 Å². The van der Waals surface area contributed by atoms with Gasteiger partial charge < -0.3 is 4.74 Å². The number of benzene rings is 1. The molecule has 0 aromatic heterocycles. The van der Waals surface area contributed by atoms with Crippen molar-refractivity contribution >= 4 is 0 Å². The molecule has 0 aliphatic heterocycles. The summed E-state index contributed by atoms with van der Waals surface area (Å²) in [6.45, 7) is 1.81. The van der Waals surface area contributed by atoms with E-state index < -0.39 is 0 Å². The van der Waals surface area contributed by atoms with Gasteiger partial charge in [0.05, 0.1) is 6.10 Å². The topological polar surface area (TPSA) is 9.23 Å². The number of hydrogen-bond acceptors (Lipinski definition) is 1. The van der Waals surface area contributed by atoms with Crippen LogP contribution in [0.1, 0.15) is 49.3 Å². The molecule has 0 N–H and O–H groups in total. The van der Waals surface area contributed by atoms with E-state index in [1.54, 1.807) is 7.11 Å². The summed E-state index contributed by atoms with van der Waals surface area (Å²) in [6, 6.07) is 5.60. The molecule has 1 nitrogen and oxygen atoms in total. The molecule has 0 spiro atoms. The van der Waals surface area contributed by atoms with Crippen molar-refractivity contribution in [1.82, 2.24) is 0 Å². The predicted molar refractivity (Wildman–Crippen MR) is 67.5 cm³/mol. The minimum absolute atomic E-state index is 0.0739. The number of aryl methyl sites for hydroxylation is 1. The van der Waals surface area contributed by atoms with Gasteiger partial charge in [-0.3, -0.25) is 0 Å². The Bertz CT molecular complexity index is 369. The molecule has 17 heavy (non-hydrogen) atoms. The fraction of sp³-hybridized carbons (Fsp3) is 0.600. The number of rotatable bonds is 3. The van der Waals surface area contributed by atoms with Gasteiger partial charge >= 0.3 is 0 Å². The Balaban J connectivity index is 2.24. The second-order valence-corrected chi connectivity index (χ2v) is 5.03. The minimum atomic E-state index is -0.0927. The quantitative estimate of drug-likeness (QED) is 0.755. The smallest absolute Gasteiger partial charge is 0.131 e. The lowest BCUT2D eigenvalue weighted by Crippen LogP contribution is -2.19. The molecule has 1 aromatic carbocycles. The second kappa shape index (κ2) is 5.63. The lowest BCUT2D eigenvalue weighted by Gasteiger charge is -2.30. The van der Waals surface area contributed by atoms with Gasteiger partial charge in [0, 0.05) is 12.7 Å². The van der Waals surface area contributed by atoms with Gasteiger partial charge in [0.1, 0.15) is 5.82 Å². The molecule has 1 aromatic rings. The first-order chi connectivity index (χ1) is 8.24. The van der Waals surface area contributed by atoms with Crippen molar-refractivity contribution in [2.45, 2.75) is 45.1 Å². The minimum Gasteiger partial charge on any atom is -0.376 e. The molecule has 0 saturated heterocycles. The summed E-state index contributed by atoms with van der Waals surface area (Å²) in [4.78, 5) is 0. The van der Waals surface area contributed by atoms with Crippen LogP contribution >= 0.6 is 0 Å². The maximum Gasteiger partial charge on any atom is 0.131 e. The molecule has 1 aliphatic carbocycles. The summed E-state index contributed by atoms with van der Waals surface area (Å²) in [5.41, 5.74) is 1.44. The van der Waals surface area contributed by atoms with Gasteiger partial charge in [-0.1, -0.05) is 37.5 Å². The first-order valence-corrected chi connectivity index (χ1v) is 6.52. The van der Waals surface area contributed by atoms with E-state index in [0.29, 0.717) is 11.5 Å². The first-order valence-electron chi connectivity index (χ1n) is 6.52. The molecule has 2 rings (SSSR count). The Hall–Kier alpha value is -0.890. The van der Waals surface area contributed by atoms with Crippen LogP contribution in [-0.4, -0.2) is 7.11 Å². The van der Waals surface area contributed by atoms with Crippen LogP contribution in [-0.2, 0) is 4.74 Å². The molecule has 2 heteroatoms. The van der Waals surface area contributed by atoms with Crippen LogP contribution in [0.4, 0.5) is 4.39 Å². The van der Waals surface area contributed by atoms with Crippen molar-refractivity contribution in [2.75, 3.05) is 7.11 Å². The maximum absolute atomic E-state index is 14.1. The Kier molecular flexibility index (Phi) is 4.16. The Labute approximate surface area is 103 Å². The highest BCUT2D eigenvalue weighted by Gasteiger charge is 2.27. The zero-order chi connectivity index (χ0) is 12.3. The van der Waals surface area contributed by atoms with Gasteiger partial charge in [-0.05, 0) is 31.2 Å². The molecule has 1 atom stereocenters. The SMILES string of the molecule is COC(c1cccc(C)c1F)C1CCCCC1. The van der Waals surface area contributed by atoms with Crippen molar-refractivity contribution in [1.29, 1.82) is 0 Å². The summed E-state index contributed by atoms with van der Waals surface area (Å²) >= 11 is 0. The molecule has 1 aliphatic rings.